The van der Waals surface area contributed by atoms with E-state index >= 15 is 0 Å². The second kappa shape index (κ2) is 5.76. The fraction of sp³-hybridized carbons (Fsp3) is 0.429. The van der Waals surface area contributed by atoms with Gasteiger partial charge >= 0.3 is 0 Å². The second-order valence-corrected chi connectivity index (χ2v) is 6.65. The Morgan fingerprint density at radius 2 is 2.15 bits per heavy atom. The lowest BCUT2D eigenvalue weighted by Crippen LogP contribution is -2.03. The van der Waals surface area contributed by atoms with Gasteiger partial charge in [-0.3, -0.25) is 0 Å². The number of halogens is 1. The quantitative estimate of drug-likeness (QED) is 0.857. The first-order valence-corrected chi connectivity index (χ1v) is 7.92. The van der Waals surface area contributed by atoms with Crippen LogP contribution in [0.1, 0.15) is 42.4 Å². The van der Waals surface area contributed by atoms with Gasteiger partial charge in [0.2, 0.25) is 0 Å². The van der Waals surface area contributed by atoms with Crippen molar-refractivity contribution in [2.45, 2.75) is 42.8 Å². The molecule has 106 valence electrons. The van der Waals surface area contributed by atoms with E-state index in [1.54, 1.807) is 11.8 Å². The molecule has 0 saturated heterocycles. The van der Waals surface area contributed by atoms with Crippen LogP contribution in [0.15, 0.2) is 29.4 Å². The summed E-state index contributed by atoms with van der Waals surface area (Å²) in [5.41, 5.74) is 1.09. The van der Waals surface area contributed by atoms with Crippen LogP contribution in [-0.4, -0.2) is 19.9 Å². The highest BCUT2D eigenvalue weighted by Gasteiger charge is 2.30. The van der Waals surface area contributed by atoms with E-state index in [2.05, 4.69) is 21.7 Å². The summed E-state index contributed by atoms with van der Waals surface area (Å²) >= 11 is 7.87. The molecule has 1 atom stereocenters. The summed E-state index contributed by atoms with van der Waals surface area (Å²) in [5.74, 6) is 0.654. The van der Waals surface area contributed by atoms with Crippen LogP contribution in [0.3, 0.4) is 0 Å². The summed E-state index contributed by atoms with van der Waals surface area (Å²) in [6.07, 6.45) is 2.28. The lowest BCUT2D eigenvalue weighted by atomic mass is 10.2. The number of rotatable bonds is 5. The van der Waals surface area contributed by atoms with E-state index in [0.29, 0.717) is 11.9 Å². The first-order valence-electron chi connectivity index (χ1n) is 6.66. The molecule has 1 unspecified atom stereocenters. The number of benzene rings is 1. The van der Waals surface area contributed by atoms with E-state index in [4.69, 9.17) is 11.6 Å². The highest BCUT2D eigenvalue weighted by molar-refractivity contribution is 7.99. The number of aliphatic hydroxyl groups is 1. The second-order valence-electron chi connectivity index (χ2n) is 4.94. The van der Waals surface area contributed by atoms with Crippen molar-refractivity contribution < 1.29 is 5.11 Å². The first-order chi connectivity index (χ1) is 9.70. The Morgan fingerprint density at radius 3 is 2.80 bits per heavy atom. The maximum Gasteiger partial charge on any atom is 0.192 e. The zero-order valence-electron chi connectivity index (χ0n) is 11.2. The van der Waals surface area contributed by atoms with Crippen LogP contribution >= 0.6 is 23.4 Å². The van der Waals surface area contributed by atoms with Crippen LogP contribution in [0.4, 0.5) is 0 Å². The van der Waals surface area contributed by atoms with Crippen molar-refractivity contribution in [2.75, 3.05) is 0 Å². The average molecular weight is 310 g/mol. The number of thioether (sulfide) groups is 1. The number of nitrogens with zero attached hydrogens (tertiary/aromatic N) is 3. The summed E-state index contributed by atoms with van der Waals surface area (Å²) in [6.45, 7) is 2.04. The summed E-state index contributed by atoms with van der Waals surface area (Å²) < 4.78 is 2.07. The molecule has 4 nitrogen and oxygen atoms in total. The molecule has 1 N–H and O–H groups in total. The zero-order chi connectivity index (χ0) is 14.1. The van der Waals surface area contributed by atoms with Gasteiger partial charge < -0.3 is 9.67 Å². The highest BCUT2D eigenvalue weighted by atomic mass is 35.5. The smallest absolute Gasteiger partial charge is 0.192 e. The Balaban J connectivity index is 1.84. The predicted molar refractivity (Wildman–Crippen MR) is 79.9 cm³/mol. The van der Waals surface area contributed by atoms with Gasteiger partial charge in [0.15, 0.2) is 11.0 Å². The van der Waals surface area contributed by atoms with Crippen molar-refractivity contribution in [3.05, 3.63) is 40.7 Å². The van der Waals surface area contributed by atoms with Gasteiger partial charge in [-0.15, -0.1) is 10.2 Å². The minimum atomic E-state index is -0.0649. The standard InChI is InChI=1S/C14H16ClN3OS/c1-9(11-4-2-3-5-12(11)15)20-14-17-16-13(8-19)18(14)10-6-7-10/h2-5,9-10,19H,6-8H2,1H3. The molecule has 1 aromatic carbocycles. The SMILES string of the molecule is CC(Sc1nnc(CO)n1C1CC1)c1ccccc1Cl. The Bertz CT molecular complexity index is 612. The van der Waals surface area contributed by atoms with Crippen LogP contribution in [-0.2, 0) is 6.61 Å². The van der Waals surface area contributed by atoms with Gasteiger partial charge in [0, 0.05) is 16.3 Å². The van der Waals surface area contributed by atoms with E-state index in [0.717, 1.165) is 28.6 Å². The first kappa shape index (κ1) is 13.9. The van der Waals surface area contributed by atoms with Gasteiger partial charge in [0.25, 0.3) is 0 Å². The summed E-state index contributed by atoms with van der Waals surface area (Å²) in [5, 5.41) is 19.5. The fourth-order valence-corrected chi connectivity index (χ4v) is 3.69. The third kappa shape index (κ3) is 2.71. The molecule has 1 aliphatic carbocycles. The number of aliphatic hydroxyl groups excluding tert-OH is 1. The van der Waals surface area contributed by atoms with Gasteiger partial charge in [0.05, 0.1) is 0 Å². The Kier molecular flexibility index (Phi) is 4.01. The van der Waals surface area contributed by atoms with E-state index in [9.17, 15) is 5.11 Å². The Labute approximate surface area is 127 Å². The molecule has 1 aromatic heterocycles. The van der Waals surface area contributed by atoms with Crippen molar-refractivity contribution >= 4 is 23.4 Å². The molecular weight excluding hydrogens is 294 g/mol. The van der Waals surface area contributed by atoms with Crippen molar-refractivity contribution in [3.63, 3.8) is 0 Å². The monoisotopic (exact) mass is 309 g/mol. The van der Waals surface area contributed by atoms with Crippen molar-refractivity contribution in [1.29, 1.82) is 0 Å². The molecule has 1 fully saturated rings. The molecular formula is C14H16ClN3OS. The number of hydrogen-bond donors (Lipinski definition) is 1. The van der Waals surface area contributed by atoms with Gasteiger partial charge in [-0.25, -0.2) is 0 Å². The van der Waals surface area contributed by atoms with Crippen LogP contribution in [0, 0.1) is 0 Å². The molecule has 20 heavy (non-hydrogen) atoms. The lowest BCUT2D eigenvalue weighted by Gasteiger charge is -2.14. The third-order valence-corrected chi connectivity index (χ3v) is 4.85. The third-order valence-electron chi connectivity index (χ3n) is 3.41. The molecule has 1 saturated carbocycles. The number of hydrogen-bond acceptors (Lipinski definition) is 4. The maximum atomic E-state index is 9.35. The molecule has 1 aliphatic rings. The molecule has 3 rings (SSSR count). The molecule has 1 heterocycles. The zero-order valence-corrected chi connectivity index (χ0v) is 12.7. The lowest BCUT2D eigenvalue weighted by molar-refractivity contribution is 0.263. The summed E-state index contributed by atoms with van der Waals surface area (Å²) in [7, 11) is 0. The summed E-state index contributed by atoms with van der Waals surface area (Å²) in [4.78, 5) is 0. The van der Waals surface area contributed by atoms with Gasteiger partial charge in [-0.05, 0) is 31.4 Å². The Morgan fingerprint density at radius 1 is 1.40 bits per heavy atom. The minimum absolute atomic E-state index is 0.0649. The molecule has 2 aromatic rings. The van der Waals surface area contributed by atoms with Crippen LogP contribution in [0.5, 0.6) is 0 Å². The molecule has 0 amide bonds. The predicted octanol–water partition coefficient (Wildman–Crippen LogP) is 3.61. The topological polar surface area (TPSA) is 50.9 Å². The molecule has 0 radical (unpaired) electrons. The van der Waals surface area contributed by atoms with Crippen LogP contribution < -0.4 is 0 Å². The molecule has 0 spiro atoms. The van der Waals surface area contributed by atoms with Crippen molar-refractivity contribution in [1.82, 2.24) is 14.8 Å². The van der Waals surface area contributed by atoms with Crippen molar-refractivity contribution in [2.24, 2.45) is 0 Å². The van der Waals surface area contributed by atoms with Crippen LogP contribution in [0.2, 0.25) is 5.02 Å². The maximum absolute atomic E-state index is 9.35. The van der Waals surface area contributed by atoms with Crippen molar-refractivity contribution in [3.8, 4) is 0 Å². The van der Waals surface area contributed by atoms with E-state index in [1.807, 2.05) is 24.3 Å². The van der Waals surface area contributed by atoms with Gasteiger partial charge in [-0.1, -0.05) is 41.6 Å². The van der Waals surface area contributed by atoms with E-state index in [1.165, 1.54) is 0 Å². The fourth-order valence-electron chi connectivity index (χ4n) is 2.22. The molecule has 6 heteroatoms. The minimum Gasteiger partial charge on any atom is -0.388 e. The number of aromatic nitrogens is 3. The average Bonchev–Trinajstić information content (AvgIpc) is 3.21. The van der Waals surface area contributed by atoms with Crippen LogP contribution in [0.25, 0.3) is 0 Å². The molecule has 0 bridgehead atoms. The normalized spacial score (nSPS) is 16.4. The Hall–Kier alpha value is -1.04. The van der Waals surface area contributed by atoms with Gasteiger partial charge in [-0.2, -0.15) is 0 Å². The highest BCUT2D eigenvalue weighted by Crippen LogP contribution is 2.43. The van der Waals surface area contributed by atoms with E-state index < -0.39 is 0 Å². The largest absolute Gasteiger partial charge is 0.388 e. The summed E-state index contributed by atoms with van der Waals surface area (Å²) in [6, 6.07) is 8.31. The van der Waals surface area contributed by atoms with Gasteiger partial charge in [0.1, 0.15) is 6.61 Å². The van der Waals surface area contributed by atoms with E-state index in [-0.39, 0.29) is 11.9 Å². The molecule has 0 aliphatic heterocycles.